The number of hydrogen-bond donors (Lipinski definition) is 1. The standard InChI is InChI=1S/C12H14FNO3/c13-11-4-3-9(14)5-10(11)12(15)17-7-16-6-8-1-2-8/h3-5,8H,1-2,6-7,14H2. The van der Waals surface area contributed by atoms with Crippen LogP contribution in [0.15, 0.2) is 18.2 Å². The predicted octanol–water partition coefficient (Wildman–Crippen LogP) is 1.95. The molecule has 92 valence electrons. The number of anilines is 1. The molecule has 1 aliphatic carbocycles. The Morgan fingerprint density at radius 2 is 2.24 bits per heavy atom. The Bertz CT molecular complexity index is 418. The number of carbonyl (C=O) groups is 1. The molecule has 5 heteroatoms. The molecule has 2 rings (SSSR count). The van der Waals surface area contributed by atoms with Crippen molar-refractivity contribution in [2.75, 3.05) is 19.1 Å². The van der Waals surface area contributed by atoms with Gasteiger partial charge < -0.3 is 15.2 Å². The summed E-state index contributed by atoms with van der Waals surface area (Å²) < 4.78 is 23.2. The maximum absolute atomic E-state index is 13.3. The Labute approximate surface area is 98.5 Å². The van der Waals surface area contributed by atoms with E-state index in [0.29, 0.717) is 18.2 Å². The van der Waals surface area contributed by atoms with Crippen LogP contribution in [0.4, 0.5) is 10.1 Å². The Hall–Kier alpha value is -1.62. The second kappa shape index (κ2) is 5.14. The SMILES string of the molecule is Nc1ccc(F)c(C(=O)OCOCC2CC2)c1. The van der Waals surface area contributed by atoms with Gasteiger partial charge >= 0.3 is 5.97 Å². The van der Waals surface area contributed by atoms with Gasteiger partial charge in [-0.1, -0.05) is 0 Å². The van der Waals surface area contributed by atoms with Crippen molar-refractivity contribution in [3.8, 4) is 0 Å². The predicted molar refractivity (Wildman–Crippen MR) is 59.8 cm³/mol. The number of benzene rings is 1. The molecule has 0 bridgehead atoms. The first-order chi connectivity index (χ1) is 8.16. The zero-order valence-electron chi connectivity index (χ0n) is 9.32. The van der Waals surface area contributed by atoms with Gasteiger partial charge in [0.1, 0.15) is 5.82 Å². The molecule has 0 heterocycles. The summed E-state index contributed by atoms with van der Waals surface area (Å²) in [5.41, 5.74) is 5.61. The molecule has 17 heavy (non-hydrogen) atoms. The Balaban J connectivity index is 1.82. The molecule has 2 N–H and O–H groups in total. The van der Waals surface area contributed by atoms with Crippen LogP contribution in [0.3, 0.4) is 0 Å². The highest BCUT2D eigenvalue weighted by molar-refractivity contribution is 5.90. The van der Waals surface area contributed by atoms with E-state index < -0.39 is 11.8 Å². The van der Waals surface area contributed by atoms with E-state index in [1.54, 1.807) is 0 Å². The monoisotopic (exact) mass is 239 g/mol. The van der Waals surface area contributed by atoms with E-state index in [0.717, 1.165) is 18.9 Å². The number of nitrogens with two attached hydrogens (primary N) is 1. The van der Waals surface area contributed by atoms with Crippen LogP contribution in [-0.2, 0) is 9.47 Å². The first kappa shape index (κ1) is 11.9. The van der Waals surface area contributed by atoms with Gasteiger partial charge in [0.15, 0.2) is 6.79 Å². The topological polar surface area (TPSA) is 61.6 Å². The summed E-state index contributed by atoms with van der Waals surface area (Å²) in [5.74, 6) is -0.810. The van der Waals surface area contributed by atoms with Gasteiger partial charge in [-0.05, 0) is 37.0 Å². The van der Waals surface area contributed by atoms with Crippen molar-refractivity contribution in [1.82, 2.24) is 0 Å². The van der Waals surface area contributed by atoms with Gasteiger partial charge in [0, 0.05) is 5.69 Å². The maximum Gasteiger partial charge on any atom is 0.343 e. The van der Waals surface area contributed by atoms with E-state index in [1.807, 2.05) is 0 Å². The van der Waals surface area contributed by atoms with Crippen molar-refractivity contribution < 1.29 is 18.7 Å². The Kier molecular flexibility index (Phi) is 3.58. The third kappa shape index (κ3) is 3.42. The lowest BCUT2D eigenvalue weighted by molar-refractivity contribution is -0.0347. The third-order valence-electron chi connectivity index (χ3n) is 2.53. The van der Waals surface area contributed by atoms with E-state index in [1.165, 1.54) is 12.1 Å². The fourth-order valence-electron chi connectivity index (χ4n) is 1.37. The molecule has 0 spiro atoms. The van der Waals surface area contributed by atoms with Crippen molar-refractivity contribution in [2.45, 2.75) is 12.8 Å². The van der Waals surface area contributed by atoms with Gasteiger partial charge in [-0.25, -0.2) is 9.18 Å². The van der Waals surface area contributed by atoms with Gasteiger partial charge in [-0.2, -0.15) is 0 Å². The zero-order chi connectivity index (χ0) is 12.3. The van der Waals surface area contributed by atoms with Crippen molar-refractivity contribution in [3.05, 3.63) is 29.6 Å². The molecule has 1 aromatic rings. The minimum Gasteiger partial charge on any atom is -0.435 e. The van der Waals surface area contributed by atoms with E-state index in [2.05, 4.69) is 0 Å². The first-order valence-electron chi connectivity index (χ1n) is 5.46. The lowest BCUT2D eigenvalue weighted by Crippen LogP contribution is -2.12. The van der Waals surface area contributed by atoms with Gasteiger partial charge in [0.05, 0.1) is 12.2 Å². The number of nitrogen functional groups attached to an aromatic ring is 1. The fourth-order valence-corrected chi connectivity index (χ4v) is 1.37. The summed E-state index contributed by atoms with van der Waals surface area (Å²) in [6.45, 7) is 0.441. The molecule has 1 aliphatic rings. The molecule has 0 atom stereocenters. The van der Waals surface area contributed by atoms with Crippen LogP contribution >= 0.6 is 0 Å². The molecule has 0 radical (unpaired) electrons. The number of carbonyl (C=O) groups excluding carboxylic acids is 1. The number of hydrogen-bond acceptors (Lipinski definition) is 4. The van der Waals surface area contributed by atoms with Crippen LogP contribution in [0.2, 0.25) is 0 Å². The molecule has 4 nitrogen and oxygen atoms in total. The third-order valence-corrected chi connectivity index (χ3v) is 2.53. The van der Waals surface area contributed by atoms with Crippen LogP contribution in [0.25, 0.3) is 0 Å². The van der Waals surface area contributed by atoms with Crippen LogP contribution in [-0.4, -0.2) is 19.4 Å². The maximum atomic E-state index is 13.3. The van der Waals surface area contributed by atoms with Crippen molar-refractivity contribution >= 4 is 11.7 Å². The highest BCUT2D eigenvalue weighted by atomic mass is 19.1. The van der Waals surface area contributed by atoms with E-state index >= 15 is 0 Å². The van der Waals surface area contributed by atoms with Crippen LogP contribution < -0.4 is 5.73 Å². The van der Waals surface area contributed by atoms with E-state index in [4.69, 9.17) is 15.2 Å². The van der Waals surface area contributed by atoms with E-state index in [9.17, 15) is 9.18 Å². The minimum atomic E-state index is -0.759. The summed E-state index contributed by atoms with van der Waals surface area (Å²) >= 11 is 0. The van der Waals surface area contributed by atoms with E-state index in [-0.39, 0.29) is 12.4 Å². The molecule has 0 aromatic heterocycles. The molecule has 0 amide bonds. The normalized spacial score (nSPS) is 14.6. The minimum absolute atomic E-state index is 0.149. The number of rotatable bonds is 5. The van der Waals surface area contributed by atoms with Gasteiger partial charge in [0.25, 0.3) is 0 Å². The van der Waals surface area contributed by atoms with Crippen LogP contribution in [0.5, 0.6) is 0 Å². The summed E-state index contributed by atoms with van der Waals surface area (Å²) in [5, 5.41) is 0. The number of esters is 1. The molecule has 1 aromatic carbocycles. The second-order valence-electron chi connectivity index (χ2n) is 4.10. The van der Waals surface area contributed by atoms with Crippen molar-refractivity contribution in [1.29, 1.82) is 0 Å². The number of halogens is 1. The molecule has 0 unspecified atom stereocenters. The Morgan fingerprint density at radius 3 is 2.94 bits per heavy atom. The molecular formula is C12H14FNO3. The second-order valence-corrected chi connectivity index (χ2v) is 4.10. The highest BCUT2D eigenvalue weighted by Crippen LogP contribution is 2.28. The van der Waals surface area contributed by atoms with Crippen LogP contribution in [0, 0.1) is 11.7 Å². The summed E-state index contributed by atoms with van der Waals surface area (Å²) in [6.07, 6.45) is 2.33. The molecule has 1 saturated carbocycles. The summed E-state index contributed by atoms with van der Waals surface area (Å²) in [7, 11) is 0. The zero-order valence-corrected chi connectivity index (χ0v) is 9.32. The molecule has 1 fully saturated rings. The van der Waals surface area contributed by atoms with Gasteiger partial charge in [0.2, 0.25) is 0 Å². The lowest BCUT2D eigenvalue weighted by Gasteiger charge is -2.06. The van der Waals surface area contributed by atoms with Crippen LogP contribution in [0.1, 0.15) is 23.2 Å². The molecule has 0 saturated heterocycles. The molecular weight excluding hydrogens is 225 g/mol. The van der Waals surface area contributed by atoms with Crippen molar-refractivity contribution in [3.63, 3.8) is 0 Å². The Morgan fingerprint density at radius 1 is 1.47 bits per heavy atom. The average Bonchev–Trinajstić information content (AvgIpc) is 3.11. The largest absolute Gasteiger partial charge is 0.435 e. The van der Waals surface area contributed by atoms with Gasteiger partial charge in [-0.15, -0.1) is 0 Å². The molecule has 0 aliphatic heterocycles. The number of ether oxygens (including phenoxy) is 2. The summed E-state index contributed by atoms with van der Waals surface area (Å²) in [4.78, 5) is 11.5. The van der Waals surface area contributed by atoms with Gasteiger partial charge in [-0.3, -0.25) is 0 Å². The quantitative estimate of drug-likeness (QED) is 0.369. The smallest absolute Gasteiger partial charge is 0.343 e. The first-order valence-corrected chi connectivity index (χ1v) is 5.46. The highest BCUT2D eigenvalue weighted by Gasteiger charge is 2.21. The summed E-state index contributed by atoms with van der Waals surface area (Å²) in [6, 6.07) is 3.77. The average molecular weight is 239 g/mol. The lowest BCUT2D eigenvalue weighted by atomic mass is 10.2. The van der Waals surface area contributed by atoms with Crippen molar-refractivity contribution in [2.24, 2.45) is 5.92 Å². The fraction of sp³-hybridized carbons (Fsp3) is 0.417.